The highest BCUT2D eigenvalue weighted by molar-refractivity contribution is 5.58. The number of hydrogen-bond donors (Lipinski definition) is 2. The van der Waals surface area contributed by atoms with Crippen LogP contribution in [0.2, 0.25) is 0 Å². The minimum Gasteiger partial charge on any atom is -0.496 e. The fraction of sp³-hybridized carbons (Fsp3) is 0.238. The zero-order valence-electron chi connectivity index (χ0n) is 15.4. The molecule has 26 heavy (non-hydrogen) atoms. The van der Waals surface area contributed by atoms with Gasteiger partial charge in [-0.25, -0.2) is 4.98 Å². The molecule has 0 bridgehead atoms. The van der Waals surface area contributed by atoms with Crippen LogP contribution in [0.3, 0.4) is 0 Å². The van der Waals surface area contributed by atoms with E-state index in [-0.39, 0.29) is 0 Å². The average molecular weight is 348 g/mol. The Labute approximate surface area is 154 Å². The summed E-state index contributed by atoms with van der Waals surface area (Å²) in [7, 11) is 1.69. The fourth-order valence-electron chi connectivity index (χ4n) is 2.80. The minimum absolute atomic E-state index is 0.620. The van der Waals surface area contributed by atoms with Crippen LogP contribution in [-0.4, -0.2) is 23.6 Å². The Morgan fingerprint density at radius 1 is 0.962 bits per heavy atom. The molecule has 3 aromatic rings. The molecule has 2 N–H and O–H groups in total. The lowest BCUT2D eigenvalue weighted by molar-refractivity contribution is 0.410. The molecule has 0 aliphatic carbocycles. The van der Waals surface area contributed by atoms with E-state index in [2.05, 4.69) is 45.7 Å². The monoisotopic (exact) mass is 348 g/mol. The van der Waals surface area contributed by atoms with Gasteiger partial charge in [0.25, 0.3) is 0 Å². The molecule has 0 aliphatic heterocycles. The molecule has 0 amide bonds. The molecular weight excluding hydrogens is 324 g/mol. The number of aromatic nitrogens is 2. The Balaban J connectivity index is 1.66. The zero-order chi connectivity index (χ0) is 18.4. The van der Waals surface area contributed by atoms with E-state index in [1.165, 1.54) is 5.56 Å². The van der Waals surface area contributed by atoms with E-state index < -0.39 is 0 Å². The molecule has 0 spiro atoms. The number of hydrogen-bond acceptors (Lipinski definition) is 5. The van der Waals surface area contributed by atoms with Crippen molar-refractivity contribution >= 4 is 17.5 Å². The van der Waals surface area contributed by atoms with Crippen molar-refractivity contribution in [2.45, 2.75) is 20.3 Å². The minimum atomic E-state index is 0.620. The van der Waals surface area contributed by atoms with Crippen molar-refractivity contribution in [3.8, 4) is 5.75 Å². The third-order valence-electron chi connectivity index (χ3n) is 4.01. The lowest BCUT2D eigenvalue weighted by atomic mass is 10.1. The highest BCUT2D eigenvalue weighted by atomic mass is 16.5. The molecule has 0 unspecified atom stereocenters. The number of para-hydroxylation sites is 1. The molecule has 1 heterocycles. The first-order valence-electron chi connectivity index (χ1n) is 8.69. The van der Waals surface area contributed by atoms with Gasteiger partial charge in [-0.1, -0.05) is 30.3 Å². The van der Waals surface area contributed by atoms with Gasteiger partial charge in [-0.05, 0) is 49.6 Å². The number of nitrogens with one attached hydrogen (secondary N) is 2. The molecule has 2 aromatic carbocycles. The Kier molecular flexibility index (Phi) is 5.69. The standard InChI is InChI=1S/C21H24N4O/c1-15-7-6-9-18(13-15)24-20-14-16(2)23-21(25-20)22-12-11-17-8-4-5-10-19(17)26-3/h4-10,13-14H,11-12H2,1-3H3,(H2,22,23,24,25). The van der Waals surface area contributed by atoms with Crippen LogP contribution in [-0.2, 0) is 6.42 Å². The van der Waals surface area contributed by atoms with Gasteiger partial charge in [-0.15, -0.1) is 0 Å². The van der Waals surface area contributed by atoms with Gasteiger partial charge in [-0.2, -0.15) is 4.98 Å². The molecule has 0 radical (unpaired) electrons. The van der Waals surface area contributed by atoms with Crippen LogP contribution in [0.5, 0.6) is 5.75 Å². The summed E-state index contributed by atoms with van der Waals surface area (Å²) in [4.78, 5) is 9.04. The first-order valence-corrected chi connectivity index (χ1v) is 8.69. The van der Waals surface area contributed by atoms with Crippen LogP contribution in [0.25, 0.3) is 0 Å². The van der Waals surface area contributed by atoms with Crippen molar-refractivity contribution < 1.29 is 4.74 Å². The number of ether oxygens (including phenoxy) is 1. The topological polar surface area (TPSA) is 59.1 Å². The Morgan fingerprint density at radius 2 is 1.81 bits per heavy atom. The van der Waals surface area contributed by atoms with E-state index in [4.69, 9.17) is 4.74 Å². The molecule has 0 aliphatic rings. The lowest BCUT2D eigenvalue weighted by Crippen LogP contribution is -2.10. The van der Waals surface area contributed by atoms with E-state index >= 15 is 0 Å². The maximum atomic E-state index is 5.39. The van der Waals surface area contributed by atoms with Crippen LogP contribution < -0.4 is 15.4 Å². The number of nitrogens with zero attached hydrogens (tertiary/aromatic N) is 2. The van der Waals surface area contributed by atoms with Gasteiger partial charge in [0.2, 0.25) is 5.95 Å². The highest BCUT2D eigenvalue weighted by Gasteiger charge is 2.05. The number of anilines is 3. The van der Waals surface area contributed by atoms with Crippen molar-refractivity contribution in [2.24, 2.45) is 0 Å². The molecule has 5 nitrogen and oxygen atoms in total. The Morgan fingerprint density at radius 3 is 2.62 bits per heavy atom. The normalized spacial score (nSPS) is 10.4. The van der Waals surface area contributed by atoms with Crippen LogP contribution >= 0.6 is 0 Å². The molecule has 0 saturated carbocycles. The second kappa shape index (κ2) is 8.34. The number of methoxy groups -OCH3 is 1. The van der Waals surface area contributed by atoms with Crippen LogP contribution in [0.15, 0.2) is 54.6 Å². The quantitative estimate of drug-likeness (QED) is 0.658. The first-order chi connectivity index (χ1) is 12.6. The van der Waals surface area contributed by atoms with E-state index in [1.807, 2.05) is 43.3 Å². The third kappa shape index (κ3) is 4.72. The second-order valence-electron chi connectivity index (χ2n) is 6.20. The van der Waals surface area contributed by atoms with Crippen LogP contribution in [0, 0.1) is 13.8 Å². The number of benzene rings is 2. The largest absolute Gasteiger partial charge is 0.496 e. The van der Waals surface area contributed by atoms with Crippen LogP contribution in [0.4, 0.5) is 17.5 Å². The van der Waals surface area contributed by atoms with Gasteiger partial charge >= 0.3 is 0 Å². The van der Waals surface area contributed by atoms with E-state index in [9.17, 15) is 0 Å². The van der Waals surface area contributed by atoms with Crippen molar-refractivity contribution in [3.63, 3.8) is 0 Å². The van der Waals surface area contributed by atoms with Gasteiger partial charge in [0.15, 0.2) is 0 Å². The predicted molar refractivity (Wildman–Crippen MR) is 106 cm³/mol. The number of rotatable bonds is 7. The molecule has 0 atom stereocenters. The summed E-state index contributed by atoms with van der Waals surface area (Å²) < 4.78 is 5.39. The summed E-state index contributed by atoms with van der Waals surface area (Å²) in [6.45, 7) is 4.77. The smallest absolute Gasteiger partial charge is 0.224 e. The van der Waals surface area contributed by atoms with Crippen LogP contribution in [0.1, 0.15) is 16.8 Å². The molecule has 0 fully saturated rings. The molecule has 134 valence electrons. The van der Waals surface area contributed by atoms with Gasteiger partial charge < -0.3 is 15.4 Å². The maximum Gasteiger partial charge on any atom is 0.224 e. The molecular formula is C21H24N4O. The summed E-state index contributed by atoms with van der Waals surface area (Å²) >= 11 is 0. The lowest BCUT2D eigenvalue weighted by Gasteiger charge is -2.11. The zero-order valence-corrected chi connectivity index (χ0v) is 15.4. The second-order valence-corrected chi connectivity index (χ2v) is 6.20. The predicted octanol–water partition coefficient (Wildman–Crippen LogP) is 4.50. The van der Waals surface area contributed by atoms with Gasteiger partial charge in [0, 0.05) is 24.0 Å². The molecule has 0 saturated heterocycles. The molecule has 5 heteroatoms. The van der Waals surface area contributed by atoms with E-state index in [0.717, 1.165) is 41.5 Å². The van der Waals surface area contributed by atoms with Gasteiger partial charge in [0.1, 0.15) is 11.6 Å². The molecule has 3 rings (SSSR count). The van der Waals surface area contributed by atoms with Gasteiger partial charge in [0.05, 0.1) is 7.11 Å². The van der Waals surface area contributed by atoms with Crippen molar-refractivity contribution in [2.75, 3.05) is 24.3 Å². The Hall–Kier alpha value is -3.08. The summed E-state index contributed by atoms with van der Waals surface area (Å²) in [5.41, 5.74) is 4.29. The number of aryl methyl sites for hydroxylation is 2. The average Bonchev–Trinajstić information content (AvgIpc) is 2.62. The Bertz CT molecular complexity index is 879. The fourth-order valence-corrected chi connectivity index (χ4v) is 2.80. The van der Waals surface area contributed by atoms with E-state index in [0.29, 0.717) is 5.95 Å². The summed E-state index contributed by atoms with van der Waals surface area (Å²) in [5.74, 6) is 2.30. The van der Waals surface area contributed by atoms with Crippen molar-refractivity contribution in [1.82, 2.24) is 9.97 Å². The SMILES string of the molecule is COc1ccccc1CCNc1nc(C)cc(Nc2cccc(C)c2)n1. The van der Waals surface area contributed by atoms with E-state index in [1.54, 1.807) is 7.11 Å². The van der Waals surface area contributed by atoms with Crippen molar-refractivity contribution in [1.29, 1.82) is 0 Å². The third-order valence-corrected chi connectivity index (χ3v) is 4.01. The summed E-state index contributed by atoms with van der Waals surface area (Å²) in [5, 5.41) is 6.65. The summed E-state index contributed by atoms with van der Waals surface area (Å²) in [6, 6.07) is 18.2. The highest BCUT2D eigenvalue weighted by Crippen LogP contribution is 2.19. The van der Waals surface area contributed by atoms with Crippen molar-refractivity contribution in [3.05, 3.63) is 71.4 Å². The first kappa shape index (κ1) is 17.7. The molecule has 1 aromatic heterocycles. The maximum absolute atomic E-state index is 5.39. The van der Waals surface area contributed by atoms with Gasteiger partial charge in [-0.3, -0.25) is 0 Å². The summed E-state index contributed by atoms with van der Waals surface area (Å²) in [6.07, 6.45) is 0.835.